The predicted octanol–water partition coefficient (Wildman–Crippen LogP) is 0.875. The maximum atomic E-state index is 5.24. The first-order valence-corrected chi connectivity index (χ1v) is 3.79. The molecule has 0 unspecified atom stereocenters. The van der Waals surface area contributed by atoms with Gasteiger partial charge in [-0.1, -0.05) is 0 Å². The molecule has 0 aromatic rings. The molecule has 1 N–H and O–H groups in total. The Labute approximate surface area is 57.8 Å². The fourth-order valence-corrected chi connectivity index (χ4v) is 1.52. The Balaban J connectivity index is 2.23. The minimum absolute atomic E-state index is 0.715. The van der Waals surface area contributed by atoms with Gasteiger partial charge in [-0.2, -0.15) is 0 Å². The van der Waals surface area contributed by atoms with E-state index in [1.807, 2.05) is 0 Å². The van der Waals surface area contributed by atoms with Crippen LogP contribution in [0.2, 0.25) is 0 Å². The summed E-state index contributed by atoms with van der Waals surface area (Å²) in [4.78, 5) is 6.69. The fraction of sp³-hybridized carbons (Fsp3) is 0.750. The molecule has 1 heterocycles. The highest BCUT2D eigenvalue weighted by molar-refractivity contribution is 8.14. The van der Waals surface area contributed by atoms with Crippen molar-refractivity contribution in [2.45, 2.75) is 0 Å². The molecule has 0 aromatic carbocycles. The zero-order valence-electron chi connectivity index (χ0n) is 4.35. The molecule has 8 heavy (non-hydrogen) atoms. The summed E-state index contributed by atoms with van der Waals surface area (Å²) in [5.41, 5.74) is 0. The summed E-state index contributed by atoms with van der Waals surface area (Å²) in [6.45, 7) is 1.67. The maximum Gasteiger partial charge on any atom is 0.0828 e. The van der Waals surface area contributed by atoms with Crippen LogP contribution in [0.1, 0.15) is 0 Å². The van der Waals surface area contributed by atoms with Gasteiger partial charge in [0.1, 0.15) is 0 Å². The molecule has 46 valence electrons. The Morgan fingerprint density at radius 1 is 1.88 bits per heavy atom. The van der Waals surface area contributed by atoms with Crippen molar-refractivity contribution in [2.75, 3.05) is 18.8 Å². The molecular weight excluding hydrogens is 144 g/mol. The highest BCUT2D eigenvalue weighted by Gasteiger charge is 2.03. The van der Waals surface area contributed by atoms with Crippen LogP contribution in [0.4, 0.5) is 0 Å². The number of hydrogen-bond acceptors (Lipinski definition) is 3. The van der Waals surface area contributed by atoms with E-state index in [2.05, 4.69) is 9.83 Å². The number of nitrogens with zero attached hydrogens (tertiary/aromatic N) is 1. The van der Waals surface area contributed by atoms with Crippen molar-refractivity contribution in [1.82, 2.24) is 4.84 Å². The van der Waals surface area contributed by atoms with Crippen molar-refractivity contribution < 1.29 is 0 Å². The molecule has 1 rings (SSSR count). The van der Waals surface area contributed by atoms with Crippen LogP contribution in [0.5, 0.6) is 0 Å². The molecule has 0 aliphatic carbocycles. The van der Waals surface area contributed by atoms with Crippen LogP contribution in [0.15, 0.2) is 4.99 Å². The number of halogens is 1. The van der Waals surface area contributed by atoms with Crippen LogP contribution < -0.4 is 4.84 Å². The highest BCUT2D eigenvalue weighted by Crippen LogP contribution is 2.09. The van der Waals surface area contributed by atoms with Crippen molar-refractivity contribution in [2.24, 2.45) is 4.99 Å². The van der Waals surface area contributed by atoms with Crippen molar-refractivity contribution in [3.8, 4) is 0 Å². The average Bonchev–Trinajstić information content (AvgIpc) is 2.19. The maximum absolute atomic E-state index is 5.24. The molecular formula is C4H7ClN2S. The number of aliphatic imine (C=N–C) groups is 1. The average molecular weight is 151 g/mol. The molecule has 1 aliphatic heterocycles. The summed E-state index contributed by atoms with van der Waals surface area (Å²) in [5, 5.41) is 1.13. The van der Waals surface area contributed by atoms with Crippen LogP contribution in [-0.2, 0) is 0 Å². The smallest absolute Gasteiger partial charge is 0.0828 e. The van der Waals surface area contributed by atoms with E-state index in [0.717, 1.165) is 17.3 Å². The third-order valence-electron chi connectivity index (χ3n) is 0.866. The Hall–Kier alpha value is 0.270. The van der Waals surface area contributed by atoms with Gasteiger partial charge in [0, 0.05) is 12.3 Å². The molecule has 0 radical (unpaired) electrons. The standard InChI is InChI=1S/C4H7ClN2S/c5-7-3-4-6-1-2-8-4/h7H,1-3H2. The van der Waals surface area contributed by atoms with E-state index in [-0.39, 0.29) is 0 Å². The lowest BCUT2D eigenvalue weighted by Crippen LogP contribution is -2.08. The predicted molar refractivity (Wildman–Crippen MR) is 38.6 cm³/mol. The summed E-state index contributed by atoms with van der Waals surface area (Å²) >= 11 is 7.01. The van der Waals surface area contributed by atoms with Gasteiger partial charge in [-0.25, -0.2) is 4.84 Å². The molecule has 0 saturated heterocycles. The molecule has 0 atom stereocenters. The number of rotatable bonds is 2. The summed E-state index contributed by atoms with van der Waals surface area (Å²) in [7, 11) is 0. The topological polar surface area (TPSA) is 24.4 Å². The summed E-state index contributed by atoms with van der Waals surface area (Å²) < 4.78 is 0. The van der Waals surface area contributed by atoms with Crippen LogP contribution >= 0.6 is 23.5 Å². The summed E-state index contributed by atoms with van der Waals surface area (Å²) in [5.74, 6) is 1.12. The van der Waals surface area contributed by atoms with Gasteiger partial charge < -0.3 is 0 Å². The number of nitrogens with one attached hydrogen (secondary N) is 1. The van der Waals surface area contributed by atoms with E-state index in [9.17, 15) is 0 Å². The molecule has 2 nitrogen and oxygen atoms in total. The third kappa shape index (κ3) is 1.65. The van der Waals surface area contributed by atoms with Crippen LogP contribution in [0, 0.1) is 0 Å². The molecule has 0 spiro atoms. The molecule has 0 aromatic heterocycles. The quantitative estimate of drug-likeness (QED) is 0.591. The third-order valence-corrected chi connectivity index (χ3v) is 1.99. The van der Waals surface area contributed by atoms with Gasteiger partial charge >= 0.3 is 0 Å². The highest BCUT2D eigenvalue weighted by atomic mass is 35.5. The van der Waals surface area contributed by atoms with Gasteiger partial charge in [0.15, 0.2) is 0 Å². The van der Waals surface area contributed by atoms with Gasteiger partial charge in [-0.05, 0) is 11.8 Å². The Kier molecular flexibility index (Phi) is 2.66. The van der Waals surface area contributed by atoms with E-state index < -0.39 is 0 Å². The van der Waals surface area contributed by atoms with E-state index in [1.54, 1.807) is 11.8 Å². The largest absolute Gasteiger partial charge is 0.281 e. The Morgan fingerprint density at radius 3 is 3.25 bits per heavy atom. The van der Waals surface area contributed by atoms with Crippen molar-refractivity contribution in [1.29, 1.82) is 0 Å². The minimum Gasteiger partial charge on any atom is -0.281 e. The SMILES string of the molecule is ClNCC1=NCCS1. The lowest BCUT2D eigenvalue weighted by atomic mass is 10.7. The molecule has 4 heteroatoms. The Morgan fingerprint density at radius 2 is 2.75 bits per heavy atom. The molecule has 0 saturated carbocycles. The zero-order valence-corrected chi connectivity index (χ0v) is 5.93. The second-order valence-corrected chi connectivity index (χ2v) is 2.87. The lowest BCUT2D eigenvalue weighted by molar-refractivity contribution is 1.12. The second kappa shape index (κ2) is 3.33. The number of hydrogen-bond donors (Lipinski definition) is 1. The van der Waals surface area contributed by atoms with Gasteiger partial charge in [-0.15, -0.1) is 11.8 Å². The summed E-state index contributed by atoms with van der Waals surface area (Å²) in [6, 6.07) is 0. The van der Waals surface area contributed by atoms with E-state index in [1.165, 1.54) is 0 Å². The van der Waals surface area contributed by atoms with Crippen LogP contribution in [-0.4, -0.2) is 23.9 Å². The van der Waals surface area contributed by atoms with Crippen LogP contribution in [0.3, 0.4) is 0 Å². The van der Waals surface area contributed by atoms with E-state index in [4.69, 9.17) is 11.8 Å². The monoisotopic (exact) mass is 150 g/mol. The fourth-order valence-electron chi connectivity index (χ4n) is 0.544. The van der Waals surface area contributed by atoms with Gasteiger partial charge in [-0.3, -0.25) is 4.99 Å². The van der Waals surface area contributed by atoms with Gasteiger partial charge in [0.2, 0.25) is 0 Å². The zero-order chi connectivity index (χ0) is 5.82. The summed E-state index contributed by atoms with van der Waals surface area (Å²) in [6.07, 6.45) is 0. The van der Waals surface area contributed by atoms with E-state index in [0.29, 0.717) is 6.54 Å². The molecule has 0 amide bonds. The van der Waals surface area contributed by atoms with Crippen molar-refractivity contribution in [3.63, 3.8) is 0 Å². The second-order valence-electron chi connectivity index (χ2n) is 1.43. The molecule has 0 fully saturated rings. The molecule has 0 bridgehead atoms. The molecule has 1 aliphatic rings. The Bertz CT molecular complexity index is 104. The van der Waals surface area contributed by atoms with Crippen molar-refractivity contribution >= 4 is 28.6 Å². The minimum atomic E-state index is 0.715. The van der Waals surface area contributed by atoms with Crippen molar-refractivity contribution in [3.05, 3.63) is 0 Å². The van der Waals surface area contributed by atoms with Crippen LogP contribution in [0.25, 0.3) is 0 Å². The van der Waals surface area contributed by atoms with E-state index >= 15 is 0 Å². The van der Waals surface area contributed by atoms with Gasteiger partial charge in [0.05, 0.1) is 11.6 Å². The number of thioether (sulfide) groups is 1. The van der Waals surface area contributed by atoms with Gasteiger partial charge in [0.25, 0.3) is 0 Å². The first-order chi connectivity index (χ1) is 3.93. The normalized spacial score (nSPS) is 18.9. The lowest BCUT2D eigenvalue weighted by Gasteiger charge is -1.91. The first kappa shape index (κ1) is 6.39. The first-order valence-electron chi connectivity index (χ1n) is 2.43.